The third-order valence-corrected chi connectivity index (χ3v) is 4.91. The number of rotatable bonds is 3. The number of alkyl halides is 3. The molecule has 0 radical (unpaired) electrons. The van der Waals surface area contributed by atoms with E-state index in [2.05, 4.69) is 20.2 Å². The summed E-state index contributed by atoms with van der Waals surface area (Å²) in [4.78, 5) is 24.9. The Bertz CT molecular complexity index is 754. The standard InChI is InChI=1S/C16H18F3N5OS/c1-11-20-9-13(26-11)10-23-4-6-24(7-5-23)15(25)22-12-2-3-14(21-8-12)16(17,18)19/h2-3,8-9H,4-7,10H2,1H3,(H,22,25). The topological polar surface area (TPSA) is 61.4 Å². The lowest BCUT2D eigenvalue weighted by Crippen LogP contribution is -2.49. The molecule has 0 aromatic carbocycles. The maximum absolute atomic E-state index is 12.5. The first-order valence-electron chi connectivity index (χ1n) is 8.04. The van der Waals surface area contributed by atoms with Crippen molar-refractivity contribution in [1.29, 1.82) is 0 Å². The van der Waals surface area contributed by atoms with Gasteiger partial charge in [0.05, 0.1) is 16.9 Å². The Morgan fingerprint density at radius 1 is 1.19 bits per heavy atom. The SMILES string of the molecule is Cc1ncc(CN2CCN(C(=O)Nc3ccc(C(F)(F)F)nc3)CC2)s1. The average molecular weight is 385 g/mol. The molecule has 140 valence electrons. The molecule has 1 aliphatic rings. The maximum atomic E-state index is 12.5. The zero-order valence-corrected chi connectivity index (χ0v) is 14.9. The third kappa shape index (κ3) is 4.70. The van der Waals surface area contributed by atoms with Crippen LogP contribution in [-0.4, -0.2) is 52.0 Å². The first kappa shape index (κ1) is 18.6. The van der Waals surface area contributed by atoms with Crippen molar-refractivity contribution in [3.8, 4) is 0 Å². The van der Waals surface area contributed by atoms with Crippen molar-refractivity contribution in [2.45, 2.75) is 19.6 Å². The number of aryl methyl sites for hydroxylation is 1. The van der Waals surface area contributed by atoms with Gasteiger partial charge in [0.25, 0.3) is 0 Å². The second-order valence-electron chi connectivity index (χ2n) is 5.97. The molecule has 0 aliphatic carbocycles. The van der Waals surface area contributed by atoms with Gasteiger partial charge in [-0.05, 0) is 19.1 Å². The number of nitrogens with zero attached hydrogens (tertiary/aromatic N) is 4. The molecule has 2 aromatic rings. The second-order valence-corrected chi connectivity index (χ2v) is 7.29. The Morgan fingerprint density at radius 2 is 1.92 bits per heavy atom. The molecule has 26 heavy (non-hydrogen) atoms. The van der Waals surface area contributed by atoms with Crippen LogP contribution in [0.15, 0.2) is 24.5 Å². The molecule has 0 saturated carbocycles. The minimum absolute atomic E-state index is 0.241. The minimum Gasteiger partial charge on any atom is -0.322 e. The second kappa shape index (κ2) is 7.58. The number of amides is 2. The highest BCUT2D eigenvalue weighted by atomic mass is 32.1. The fourth-order valence-electron chi connectivity index (χ4n) is 2.65. The number of hydrogen-bond donors (Lipinski definition) is 1. The van der Waals surface area contributed by atoms with Crippen LogP contribution in [0.2, 0.25) is 0 Å². The van der Waals surface area contributed by atoms with Gasteiger partial charge in [0, 0.05) is 43.8 Å². The minimum atomic E-state index is -4.49. The largest absolute Gasteiger partial charge is 0.433 e. The van der Waals surface area contributed by atoms with E-state index in [0.29, 0.717) is 13.1 Å². The number of nitrogens with one attached hydrogen (secondary N) is 1. The summed E-state index contributed by atoms with van der Waals surface area (Å²) in [6, 6.07) is 1.72. The number of carbonyl (C=O) groups is 1. The zero-order valence-electron chi connectivity index (χ0n) is 14.1. The third-order valence-electron chi connectivity index (χ3n) is 4.01. The van der Waals surface area contributed by atoms with Crippen LogP contribution in [0.5, 0.6) is 0 Å². The summed E-state index contributed by atoms with van der Waals surface area (Å²) in [5.41, 5.74) is -0.743. The monoisotopic (exact) mass is 385 g/mol. The molecule has 1 saturated heterocycles. The van der Waals surface area contributed by atoms with Crippen molar-refractivity contribution in [3.63, 3.8) is 0 Å². The molecule has 2 amide bonds. The number of urea groups is 1. The molecule has 10 heteroatoms. The molecule has 1 aliphatic heterocycles. The number of aromatic nitrogens is 2. The predicted octanol–water partition coefficient (Wildman–Crippen LogP) is 3.22. The number of anilines is 1. The van der Waals surface area contributed by atoms with E-state index in [0.717, 1.165) is 36.9 Å². The van der Waals surface area contributed by atoms with Crippen LogP contribution in [0.3, 0.4) is 0 Å². The molecule has 6 nitrogen and oxygen atoms in total. The van der Waals surface area contributed by atoms with Crippen LogP contribution in [-0.2, 0) is 12.7 Å². The number of piperazine rings is 1. The Labute approximate surface area is 152 Å². The van der Waals surface area contributed by atoms with Gasteiger partial charge >= 0.3 is 12.2 Å². The van der Waals surface area contributed by atoms with Gasteiger partial charge in [-0.3, -0.25) is 4.90 Å². The highest BCUT2D eigenvalue weighted by Gasteiger charge is 2.32. The van der Waals surface area contributed by atoms with Gasteiger partial charge in [0.2, 0.25) is 0 Å². The molecule has 1 N–H and O–H groups in total. The summed E-state index contributed by atoms with van der Waals surface area (Å²) >= 11 is 1.66. The van der Waals surface area contributed by atoms with Crippen LogP contribution in [0.25, 0.3) is 0 Å². The van der Waals surface area contributed by atoms with Crippen molar-refractivity contribution in [2.75, 3.05) is 31.5 Å². The number of carbonyl (C=O) groups excluding carboxylic acids is 1. The van der Waals surface area contributed by atoms with Gasteiger partial charge in [0.15, 0.2) is 0 Å². The van der Waals surface area contributed by atoms with Crippen LogP contribution in [0.4, 0.5) is 23.7 Å². The van der Waals surface area contributed by atoms with E-state index in [1.807, 2.05) is 13.1 Å². The molecule has 3 heterocycles. The average Bonchev–Trinajstić information content (AvgIpc) is 3.00. The van der Waals surface area contributed by atoms with E-state index in [1.54, 1.807) is 16.2 Å². The van der Waals surface area contributed by atoms with Crippen molar-refractivity contribution >= 4 is 23.1 Å². The number of thiazole rings is 1. The summed E-state index contributed by atoms with van der Waals surface area (Å²) in [6.45, 7) is 5.34. The van der Waals surface area contributed by atoms with Gasteiger partial charge in [-0.25, -0.2) is 14.8 Å². The van der Waals surface area contributed by atoms with Crippen LogP contribution in [0.1, 0.15) is 15.6 Å². The summed E-state index contributed by atoms with van der Waals surface area (Å²) in [5.74, 6) is 0. The lowest BCUT2D eigenvalue weighted by molar-refractivity contribution is -0.141. The molecule has 0 bridgehead atoms. The van der Waals surface area contributed by atoms with E-state index in [9.17, 15) is 18.0 Å². The molecule has 2 aromatic heterocycles. The molecular weight excluding hydrogens is 367 g/mol. The quantitative estimate of drug-likeness (QED) is 0.881. The Hall–Kier alpha value is -2.20. The predicted molar refractivity (Wildman–Crippen MR) is 92.0 cm³/mol. The fourth-order valence-corrected chi connectivity index (χ4v) is 3.48. The lowest BCUT2D eigenvalue weighted by Gasteiger charge is -2.34. The number of halogens is 3. The van der Waals surface area contributed by atoms with Gasteiger partial charge in [-0.1, -0.05) is 0 Å². The van der Waals surface area contributed by atoms with Crippen molar-refractivity contribution in [3.05, 3.63) is 40.1 Å². The Kier molecular flexibility index (Phi) is 5.42. The number of hydrogen-bond acceptors (Lipinski definition) is 5. The highest BCUT2D eigenvalue weighted by molar-refractivity contribution is 7.11. The van der Waals surface area contributed by atoms with E-state index in [1.165, 1.54) is 10.9 Å². The normalized spacial score (nSPS) is 15.9. The van der Waals surface area contributed by atoms with Crippen LogP contribution < -0.4 is 5.32 Å². The smallest absolute Gasteiger partial charge is 0.322 e. The molecule has 0 unspecified atom stereocenters. The molecule has 0 spiro atoms. The van der Waals surface area contributed by atoms with E-state index >= 15 is 0 Å². The van der Waals surface area contributed by atoms with Crippen LogP contribution in [0, 0.1) is 6.92 Å². The number of pyridine rings is 1. The highest BCUT2D eigenvalue weighted by Crippen LogP contribution is 2.27. The van der Waals surface area contributed by atoms with Gasteiger partial charge < -0.3 is 10.2 Å². The zero-order chi connectivity index (χ0) is 18.7. The van der Waals surface area contributed by atoms with Crippen molar-refractivity contribution in [2.24, 2.45) is 0 Å². The fraction of sp³-hybridized carbons (Fsp3) is 0.438. The summed E-state index contributed by atoms with van der Waals surface area (Å²) < 4.78 is 37.5. The van der Waals surface area contributed by atoms with Gasteiger partial charge in [-0.2, -0.15) is 13.2 Å². The van der Waals surface area contributed by atoms with Crippen LogP contribution >= 0.6 is 11.3 Å². The maximum Gasteiger partial charge on any atom is 0.433 e. The molecule has 0 atom stereocenters. The van der Waals surface area contributed by atoms with Gasteiger partial charge in [0.1, 0.15) is 5.69 Å². The summed E-state index contributed by atoms with van der Waals surface area (Å²) in [7, 11) is 0. The van der Waals surface area contributed by atoms with E-state index < -0.39 is 11.9 Å². The van der Waals surface area contributed by atoms with E-state index in [4.69, 9.17) is 0 Å². The first-order chi connectivity index (χ1) is 12.3. The van der Waals surface area contributed by atoms with Crippen molar-refractivity contribution in [1.82, 2.24) is 19.8 Å². The molecular formula is C16H18F3N5OS. The first-order valence-corrected chi connectivity index (χ1v) is 8.86. The van der Waals surface area contributed by atoms with Crippen molar-refractivity contribution < 1.29 is 18.0 Å². The Morgan fingerprint density at radius 3 is 2.46 bits per heavy atom. The lowest BCUT2D eigenvalue weighted by atomic mass is 10.3. The molecule has 3 rings (SSSR count). The summed E-state index contributed by atoms with van der Waals surface area (Å²) in [6.07, 6.45) is -1.60. The molecule has 1 fully saturated rings. The summed E-state index contributed by atoms with van der Waals surface area (Å²) in [5, 5.41) is 3.62. The van der Waals surface area contributed by atoms with E-state index in [-0.39, 0.29) is 11.7 Å². The Balaban J connectivity index is 1.49. The van der Waals surface area contributed by atoms with Gasteiger partial charge in [-0.15, -0.1) is 11.3 Å².